The van der Waals surface area contributed by atoms with Crippen molar-refractivity contribution in [3.63, 3.8) is 0 Å². The van der Waals surface area contributed by atoms with Crippen LogP contribution in [0.15, 0.2) is 51.4 Å². The van der Waals surface area contributed by atoms with Crippen LogP contribution < -0.4 is 5.32 Å². The second kappa shape index (κ2) is 8.39. The van der Waals surface area contributed by atoms with Gasteiger partial charge in [0, 0.05) is 27.5 Å². The summed E-state index contributed by atoms with van der Waals surface area (Å²) in [6.45, 7) is 3.84. The molecule has 0 aliphatic heterocycles. The SMILES string of the molecule is CCOC(=O)c1oc2ccc(NC(=O)CCc3ccc(Br)cc3)cc2c1C. The van der Waals surface area contributed by atoms with Crippen molar-refractivity contribution in [3.8, 4) is 0 Å². The number of halogens is 1. The van der Waals surface area contributed by atoms with Crippen LogP contribution in [0, 0.1) is 6.92 Å². The van der Waals surface area contributed by atoms with Gasteiger partial charge in [-0.25, -0.2) is 4.79 Å². The van der Waals surface area contributed by atoms with E-state index in [2.05, 4.69) is 21.2 Å². The van der Waals surface area contributed by atoms with Crippen LogP contribution in [0.5, 0.6) is 0 Å². The molecule has 6 heteroatoms. The van der Waals surface area contributed by atoms with Gasteiger partial charge in [0.1, 0.15) is 5.58 Å². The second-order valence-corrected chi connectivity index (χ2v) is 7.08. The Morgan fingerprint density at radius 1 is 1.15 bits per heavy atom. The third kappa shape index (κ3) is 4.57. The third-order valence-corrected chi connectivity index (χ3v) is 4.76. The maximum Gasteiger partial charge on any atom is 0.374 e. The molecular formula is C21H20BrNO4. The molecule has 2 aromatic carbocycles. The number of ether oxygens (including phenoxy) is 1. The molecule has 1 N–H and O–H groups in total. The number of benzene rings is 2. The third-order valence-electron chi connectivity index (χ3n) is 4.23. The van der Waals surface area contributed by atoms with Crippen LogP contribution in [0.3, 0.4) is 0 Å². The highest BCUT2D eigenvalue weighted by molar-refractivity contribution is 9.10. The van der Waals surface area contributed by atoms with Gasteiger partial charge in [-0.05, 0) is 56.2 Å². The van der Waals surface area contributed by atoms with E-state index in [1.54, 1.807) is 26.0 Å². The summed E-state index contributed by atoms with van der Waals surface area (Å²) in [5.41, 5.74) is 3.06. The van der Waals surface area contributed by atoms with Crippen molar-refractivity contribution in [1.82, 2.24) is 0 Å². The molecule has 3 aromatic rings. The van der Waals surface area contributed by atoms with E-state index in [1.807, 2.05) is 30.3 Å². The first kappa shape index (κ1) is 19.2. The normalized spacial score (nSPS) is 10.8. The molecule has 0 spiro atoms. The largest absolute Gasteiger partial charge is 0.460 e. The van der Waals surface area contributed by atoms with Crippen LogP contribution in [0.1, 0.15) is 35.0 Å². The highest BCUT2D eigenvalue weighted by Gasteiger charge is 2.19. The Bertz CT molecular complexity index is 976. The monoisotopic (exact) mass is 429 g/mol. The van der Waals surface area contributed by atoms with E-state index in [9.17, 15) is 9.59 Å². The lowest BCUT2D eigenvalue weighted by Crippen LogP contribution is -2.12. The van der Waals surface area contributed by atoms with Crippen LogP contribution in [0.25, 0.3) is 11.0 Å². The van der Waals surface area contributed by atoms with E-state index < -0.39 is 5.97 Å². The molecule has 0 unspecified atom stereocenters. The number of anilines is 1. The summed E-state index contributed by atoms with van der Waals surface area (Å²) in [6, 6.07) is 13.2. The van der Waals surface area contributed by atoms with Gasteiger partial charge in [-0.2, -0.15) is 0 Å². The van der Waals surface area contributed by atoms with E-state index in [0.717, 1.165) is 15.4 Å². The zero-order chi connectivity index (χ0) is 19.4. The van der Waals surface area contributed by atoms with Crippen LogP contribution >= 0.6 is 15.9 Å². The topological polar surface area (TPSA) is 68.5 Å². The van der Waals surface area contributed by atoms with Crippen LogP contribution in [-0.4, -0.2) is 18.5 Å². The maximum absolute atomic E-state index is 12.3. The zero-order valence-corrected chi connectivity index (χ0v) is 16.8. The molecule has 0 atom stereocenters. The summed E-state index contributed by atoms with van der Waals surface area (Å²) in [6.07, 6.45) is 1.05. The first-order valence-electron chi connectivity index (χ1n) is 8.72. The molecule has 27 heavy (non-hydrogen) atoms. The number of amides is 1. The highest BCUT2D eigenvalue weighted by Crippen LogP contribution is 2.28. The van der Waals surface area contributed by atoms with Crippen LogP contribution in [-0.2, 0) is 16.0 Å². The number of carbonyl (C=O) groups is 2. The van der Waals surface area contributed by atoms with Gasteiger partial charge in [0.05, 0.1) is 6.61 Å². The van der Waals surface area contributed by atoms with Crippen molar-refractivity contribution in [1.29, 1.82) is 0 Å². The predicted octanol–water partition coefficient (Wildman–Crippen LogP) is 5.25. The van der Waals surface area contributed by atoms with Gasteiger partial charge < -0.3 is 14.5 Å². The average molecular weight is 430 g/mol. The fraction of sp³-hybridized carbons (Fsp3) is 0.238. The number of furan rings is 1. The van der Waals surface area contributed by atoms with Gasteiger partial charge in [0.25, 0.3) is 0 Å². The molecule has 1 heterocycles. The summed E-state index contributed by atoms with van der Waals surface area (Å²) < 4.78 is 11.6. The minimum absolute atomic E-state index is 0.0657. The Hall–Kier alpha value is -2.60. The molecule has 0 saturated carbocycles. The first-order valence-corrected chi connectivity index (χ1v) is 9.51. The van der Waals surface area contributed by atoms with Crippen molar-refractivity contribution in [2.45, 2.75) is 26.7 Å². The van der Waals surface area contributed by atoms with Gasteiger partial charge in [-0.1, -0.05) is 28.1 Å². The molecule has 0 aliphatic carbocycles. The Labute approximate surface area is 165 Å². The van der Waals surface area contributed by atoms with E-state index in [-0.39, 0.29) is 18.3 Å². The smallest absolute Gasteiger partial charge is 0.374 e. The Balaban J connectivity index is 1.69. The quantitative estimate of drug-likeness (QED) is 0.543. The molecule has 0 aliphatic rings. The van der Waals surface area contributed by atoms with Gasteiger partial charge >= 0.3 is 5.97 Å². The average Bonchev–Trinajstić information content (AvgIpc) is 2.98. The van der Waals surface area contributed by atoms with Crippen LogP contribution in [0.2, 0.25) is 0 Å². The van der Waals surface area contributed by atoms with E-state index in [0.29, 0.717) is 29.7 Å². The highest BCUT2D eigenvalue weighted by atomic mass is 79.9. The van der Waals surface area contributed by atoms with Crippen molar-refractivity contribution in [2.75, 3.05) is 11.9 Å². The van der Waals surface area contributed by atoms with Crippen molar-refractivity contribution in [2.24, 2.45) is 0 Å². The van der Waals surface area contributed by atoms with E-state index in [1.165, 1.54) is 0 Å². The van der Waals surface area contributed by atoms with Crippen LogP contribution in [0.4, 0.5) is 5.69 Å². The number of fused-ring (bicyclic) bond motifs is 1. The molecule has 0 radical (unpaired) electrons. The number of hydrogen-bond donors (Lipinski definition) is 1. The zero-order valence-electron chi connectivity index (χ0n) is 15.2. The standard InChI is InChI=1S/C21H20BrNO4/c1-3-26-21(25)20-13(2)17-12-16(9-10-18(17)27-20)23-19(24)11-6-14-4-7-15(22)8-5-14/h4-5,7-10,12H,3,6,11H2,1-2H3,(H,23,24). The Kier molecular flexibility index (Phi) is 5.96. The Morgan fingerprint density at radius 3 is 2.59 bits per heavy atom. The molecular weight excluding hydrogens is 410 g/mol. The number of nitrogens with one attached hydrogen (secondary N) is 1. The molecule has 5 nitrogen and oxygen atoms in total. The Morgan fingerprint density at radius 2 is 1.89 bits per heavy atom. The molecule has 0 saturated heterocycles. The van der Waals surface area contributed by atoms with Crippen molar-refractivity contribution in [3.05, 3.63) is 63.8 Å². The van der Waals surface area contributed by atoms with Gasteiger partial charge in [-0.15, -0.1) is 0 Å². The molecule has 0 fully saturated rings. The first-order chi connectivity index (χ1) is 13.0. The molecule has 0 bridgehead atoms. The summed E-state index contributed by atoms with van der Waals surface area (Å²) in [5, 5.41) is 3.68. The molecule has 1 aromatic heterocycles. The lowest BCUT2D eigenvalue weighted by molar-refractivity contribution is -0.116. The number of esters is 1. The number of rotatable bonds is 6. The minimum Gasteiger partial charge on any atom is -0.460 e. The van der Waals surface area contributed by atoms with Gasteiger partial charge in [0.15, 0.2) is 0 Å². The van der Waals surface area contributed by atoms with Gasteiger partial charge in [-0.3, -0.25) is 4.79 Å². The van der Waals surface area contributed by atoms with E-state index in [4.69, 9.17) is 9.15 Å². The lowest BCUT2D eigenvalue weighted by Gasteiger charge is -2.06. The molecule has 3 rings (SSSR count). The summed E-state index contributed by atoms with van der Waals surface area (Å²) in [4.78, 5) is 24.2. The van der Waals surface area contributed by atoms with Gasteiger partial charge in [0.2, 0.25) is 11.7 Å². The fourth-order valence-electron chi connectivity index (χ4n) is 2.82. The van der Waals surface area contributed by atoms with Crippen molar-refractivity contribution >= 4 is 44.5 Å². The fourth-order valence-corrected chi connectivity index (χ4v) is 3.09. The van der Waals surface area contributed by atoms with Crippen molar-refractivity contribution < 1.29 is 18.7 Å². The number of carbonyl (C=O) groups excluding carboxylic acids is 2. The summed E-state index contributed by atoms with van der Waals surface area (Å²) in [7, 11) is 0. The lowest BCUT2D eigenvalue weighted by atomic mass is 10.1. The molecule has 140 valence electrons. The predicted molar refractivity (Wildman–Crippen MR) is 108 cm³/mol. The maximum atomic E-state index is 12.3. The number of hydrogen-bond acceptors (Lipinski definition) is 4. The second-order valence-electron chi connectivity index (χ2n) is 6.16. The molecule has 1 amide bonds. The number of aryl methyl sites for hydroxylation is 2. The summed E-state index contributed by atoms with van der Waals surface area (Å²) >= 11 is 3.40. The minimum atomic E-state index is -0.480. The van der Waals surface area contributed by atoms with E-state index >= 15 is 0 Å². The summed E-state index contributed by atoms with van der Waals surface area (Å²) in [5.74, 6) is -0.346.